The Balaban J connectivity index is 2.06. The van der Waals surface area contributed by atoms with Crippen molar-refractivity contribution in [2.45, 2.75) is 18.9 Å². The van der Waals surface area contributed by atoms with E-state index in [0.29, 0.717) is 6.54 Å². The molecule has 0 radical (unpaired) electrons. The van der Waals surface area contributed by atoms with Gasteiger partial charge in [0.1, 0.15) is 5.52 Å². The van der Waals surface area contributed by atoms with Crippen LogP contribution in [0.2, 0.25) is 0 Å². The molecule has 90 valence electrons. The zero-order valence-electron chi connectivity index (χ0n) is 10.1. The van der Waals surface area contributed by atoms with Crippen LogP contribution < -0.4 is 4.90 Å². The summed E-state index contributed by atoms with van der Waals surface area (Å²) in [6, 6.07) is 1.96. The monoisotopic (exact) mass is 232 g/mol. The standard InChI is InChI=1S/C12H16N4O/c1-12(17)4-6-16(7-12)11-10-9(3-5-13-11)15(2)8-14-10/h3,5,8,17H,4,6-7H2,1-2H3. The normalized spacial score (nSPS) is 24.8. The molecule has 0 aromatic carbocycles. The molecule has 1 saturated heterocycles. The van der Waals surface area contributed by atoms with E-state index in [1.165, 1.54) is 0 Å². The quantitative estimate of drug-likeness (QED) is 0.794. The number of rotatable bonds is 1. The Hall–Kier alpha value is -1.62. The largest absolute Gasteiger partial charge is 0.388 e. The Morgan fingerprint density at radius 1 is 1.41 bits per heavy atom. The first-order chi connectivity index (χ1) is 8.07. The molecule has 1 fully saturated rings. The average molecular weight is 232 g/mol. The molecule has 5 nitrogen and oxygen atoms in total. The molecule has 0 saturated carbocycles. The highest BCUT2D eigenvalue weighted by Crippen LogP contribution is 2.29. The second kappa shape index (κ2) is 3.43. The maximum absolute atomic E-state index is 10.0. The zero-order valence-corrected chi connectivity index (χ0v) is 10.1. The second-order valence-corrected chi connectivity index (χ2v) is 5.03. The third kappa shape index (κ3) is 1.67. The van der Waals surface area contributed by atoms with Crippen LogP contribution in [0.4, 0.5) is 5.82 Å². The van der Waals surface area contributed by atoms with Crippen molar-refractivity contribution >= 4 is 16.9 Å². The molecule has 3 heterocycles. The minimum Gasteiger partial charge on any atom is -0.388 e. The van der Waals surface area contributed by atoms with Crippen LogP contribution in [0.3, 0.4) is 0 Å². The van der Waals surface area contributed by atoms with Crippen molar-refractivity contribution in [1.82, 2.24) is 14.5 Å². The van der Waals surface area contributed by atoms with Crippen LogP contribution >= 0.6 is 0 Å². The number of aryl methyl sites for hydroxylation is 1. The van der Waals surface area contributed by atoms with E-state index >= 15 is 0 Å². The van der Waals surface area contributed by atoms with Crippen LogP contribution in [0, 0.1) is 0 Å². The topological polar surface area (TPSA) is 54.2 Å². The predicted octanol–water partition coefficient (Wildman–Crippen LogP) is 0.929. The summed E-state index contributed by atoms with van der Waals surface area (Å²) in [6.07, 6.45) is 4.37. The molecule has 1 N–H and O–H groups in total. The van der Waals surface area contributed by atoms with Crippen LogP contribution in [0.15, 0.2) is 18.6 Å². The van der Waals surface area contributed by atoms with Crippen molar-refractivity contribution in [2.24, 2.45) is 7.05 Å². The number of imidazole rings is 1. The number of pyridine rings is 1. The van der Waals surface area contributed by atoms with E-state index in [-0.39, 0.29) is 0 Å². The molecule has 5 heteroatoms. The summed E-state index contributed by atoms with van der Waals surface area (Å²) < 4.78 is 1.98. The smallest absolute Gasteiger partial charge is 0.156 e. The Morgan fingerprint density at radius 2 is 2.24 bits per heavy atom. The zero-order chi connectivity index (χ0) is 12.0. The van der Waals surface area contributed by atoms with Gasteiger partial charge in [0.2, 0.25) is 0 Å². The molecule has 0 amide bonds. The Labute approximate surface area is 99.7 Å². The minimum absolute atomic E-state index is 0.612. The third-order valence-corrected chi connectivity index (χ3v) is 3.38. The fourth-order valence-corrected chi connectivity index (χ4v) is 2.41. The van der Waals surface area contributed by atoms with Gasteiger partial charge in [-0.25, -0.2) is 9.97 Å². The first-order valence-corrected chi connectivity index (χ1v) is 5.80. The van der Waals surface area contributed by atoms with E-state index < -0.39 is 5.60 Å². The molecule has 0 spiro atoms. The number of anilines is 1. The van der Waals surface area contributed by atoms with Gasteiger partial charge in [-0.3, -0.25) is 0 Å². The number of aromatic nitrogens is 3. The fraction of sp³-hybridized carbons (Fsp3) is 0.500. The molecule has 3 rings (SSSR count). The van der Waals surface area contributed by atoms with Gasteiger partial charge < -0.3 is 14.6 Å². The summed E-state index contributed by atoms with van der Waals surface area (Å²) >= 11 is 0. The van der Waals surface area contributed by atoms with E-state index in [2.05, 4.69) is 14.9 Å². The van der Waals surface area contributed by atoms with Crippen LogP contribution in [0.1, 0.15) is 13.3 Å². The first-order valence-electron chi connectivity index (χ1n) is 5.80. The van der Waals surface area contributed by atoms with Gasteiger partial charge in [0.15, 0.2) is 5.82 Å². The van der Waals surface area contributed by atoms with E-state index in [1.807, 2.05) is 24.6 Å². The Bertz CT molecular complexity index is 561. The van der Waals surface area contributed by atoms with E-state index in [0.717, 1.165) is 29.8 Å². The fourth-order valence-electron chi connectivity index (χ4n) is 2.41. The van der Waals surface area contributed by atoms with Gasteiger partial charge in [0.25, 0.3) is 0 Å². The molecule has 1 atom stereocenters. The van der Waals surface area contributed by atoms with Crippen molar-refractivity contribution in [1.29, 1.82) is 0 Å². The van der Waals surface area contributed by atoms with Crippen molar-refractivity contribution in [3.63, 3.8) is 0 Å². The molecule has 0 bridgehead atoms. The molecular formula is C12H16N4O. The molecule has 2 aromatic rings. The van der Waals surface area contributed by atoms with E-state index in [9.17, 15) is 5.11 Å². The molecule has 1 unspecified atom stereocenters. The summed E-state index contributed by atoms with van der Waals surface area (Å²) in [6.45, 7) is 3.32. The predicted molar refractivity (Wildman–Crippen MR) is 66.0 cm³/mol. The first kappa shape index (κ1) is 10.5. The highest BCUT2D eigenvalue weighted by Gasteiger charge is 2.33. The van der Waals surface area contributed by atoms with Crippen molar-refractivity contribution in [2.75, 3.05) is 18.0 Å². The van der Waals surface area contributed by atoms with Crippen molar-refractivity contribution in [3.05, 3.63) is 18.6 Å². The molecule has 17 heavy (non-hydrogen) atoms. The second-order valence-electron chi connectivity index (χ2n) is 5.03. The highest BCUT2D eigenvalue weighted by molar-refractivity contribution is 5.86. The van der Waals surface area contributed by atoms with Gasteiger partial charge in [-0.15, -0.1) is 0 Å². The van der Waals surface area contributed by atoms with Crippen LogP contribution in [-0.4, -0.2) is 38.3 Å². The number of nitrogens with zero attached hydrogens (tertiary/aromatic N) is 4. The van der Waals surface area contributed by atoms with Crippen LogP contribution in [-0.2, 0) is 7.05 Å². The Kier molecular flexibility index (Phi) is 2.13. The van der Waals surface area contributed by atoms with Gasteiger partial charge in [-0.1, -0.05) is 0 Å². The molecule has 1 aliphatic heterocycles. The number of fused-ring (bicyclic) bond motifs is 1. The summed E-state index contributed by atoms with van der Waals surface area (Å²) in [4.78, 5) is 10.9. The number of aliphatic hydroxyl groups is 1. The SMILES string of the molecule is Cn1cnc2c(N3CCC(C)(O)C3)nccc21. The summed E-state index contributed by atoms with van der Waals surface area (Å²) in [7, 11) is 1.97. The lowest BCUT2D eigenvalue weighted by molar-refractivity contribution is 0.0839. The van der Waals surface area contributed by atoms with Gasteiger partial charge in [-0.2, -0.15) is 0 Å². The van der Waals surface area contributed by atoms with E-state index in [4.69, 9.17) is 0 Å². The average Bonchev–Trinajstić information content (AvgIpc) is 2.83. The highest BCUT2D eigenvalue weighted by atomic mass is 16.3. The molecule has 0 aliphatic carbocycles. The van der Waals surface area contributed by atoms with E-state index in [1.54, 1.807) is 12.5 Å². The maximum Gasteiger partial charge on any atom is 0.156 e. The lowest BCUT2D eigenvalue weighted by Crippen LogP contribution is -2.30. The molecule has 2 aromatic heterocycles. The number of β-amino-alcohol motifs (C(OH)–C–C–N with tert-alkyl or cyclic N) is 1. The lowest BCUT2D eigenvalue weighted by Gasteiger charge is -2.19. The third-order valence-electron chi connectivity index (χ3n) is 3.38. The van der Waals surface area contributed by atoms with Crippen molar-refractivity contribution in [3.8, 4) is 0 Å². The maximum atomic E-state index is 10.0. The molecule has 1 aliphatic rings. The van der Waals surface area contributed by atoms with Gasteiger partial charge in [-0.05, 0) is 19.4 Å². The summed E-state index contributed by atoms with van der Waals surface area (Å²) in [5.74, 6) is 0.876. The van der Waals surface area contributed by atoms with Crippen molar-refractivity contribution < 1.29 is 5.11 Å². The summed E-state index contributed by atoms with van der Waals surface area (Å²) in [5, 5.41) is 10.0. The summed E-state index contributed by atoms with van der Waals surface area (Å²) in [5.41, 5.74) is 1.37. The minimum atomic E-state index is -0.612. The van der Waals surface area contributed by atoms with Gasteiger partial charge >= 0.3 is 0 Å². The van der Waals surface area contributed by atoms with Crippen LogP contribution in [0.5, 0.6) is 0 Å². The number of hydrogen-bond acceptors (Lipinski definition) is 4. The van der Waals surface area contributed by atoms with Gasteiger partial charge in [0.05, 0.1) is 17.4 Å². The number of hydrogen-bond donors (Lipinski definition) is 1. The lowest BCUT2D eigenvalue weighted by atomic mass is 10.1. The van der Waals surface area contributed by atoms with Crippen LogP contribution in [0.25, 0.3) is 11.0 Å². The van der Waals surface area contributed by atoms with Gasteiger partial charge in [0, 0.05) is 26.3 Å². The Morgan fingerprint density at radius 3 is 2.94 bits per heavy atom. The molecular weight excluding hydrogens is 216 g/mol.